The van der Waals surface area contributed by atoms with Gasteiger partial charge in [0.1, 0.15) is 10.8 Å². The number of hydrogen-bond acceptors (Lipinski definition) is 6. The zero-order valence-corrected chi connectivity index (χ0v) is 22.4. The summed E-state index contributed by atoms with van der Waals surface area (Å²) in [4.78, 5) is 27.2. The van der Waals surface area contributed by atoms with Crippen LogP contribution in [0, 0.1) is 18.3 Å². The maximum Gasteiger partial charge on any atom is 0.262 e. The predicted molar refractivity (Wildman–Crippen MR) is 139 cm³/mol. The average Bonchev–Trinajstić information content (AvgIpc) is 3.30. The molecule has 2 atom stereocenters. The van der Waals surface area contributed by atoms with Gasteiger partial charge in [0.25, 0.3) is 11.8 Å². The van der Waals surface area contributed by atoms with Crippen LogP contribution in [0.2, 0.25) is 0 Å². The van der Waals surface area contributed by atoms with Gasteiger partial charge in [-0.3, -0.25) is 9.59 Å². The highest BCUT2D eigenvalue weighted by Gasteiger charge is 2.36. The van der Waals surface area contributed by atoms with Crippen molar-refractivity contribution in [3.8, 4) is 5.75 Å². The van der Waals surface area contributed by atoms with Crippen molar-refractivity contribution in [2.24, 2.45) is 11.3 Å². The van der Waals surface area contributed by atoms with Gasteiger partial charge in [0, 0.05) is 10.9 Å². The first-order chi connectivity index (χ1) is 16.4. The molecule has 2 aromatic rings. The van der Waals surface area contributed by atoms with Crippen LogP contribution < -0.4 is 15.4 Å². The van der Waals surface area contributed by atoms with Gasteiger partial charge >= 0.3 is 0 Å². The standard InChI is InChI=1S/C26H34N2O5S2/c1-16-5-8-19(9-6-16)33-14-22(29)28-25-23(24(30)27-18-11-12-35(31,32)15-18)20-10-7-17(26(2,3)4)13-21(20)34-25/h5-6,8-9,17-18H,7,10-15H2,1-4H3,(H,27,30)(H,28,29)/t17-,18+/m0/s1. The molecule has 2 aliphatic rings. The molecule has 0 bridgehead atoms. The largest absolute Gasteiger partial charge is 0.484 e. The molecule has 1 aromatic heterocycles. The molecule has 0 spiro atoms. The van der Waals surface area contributed by atoms with Crippen molar-refractivity contribution in [3.05, 3.63) is 45.8 Å². The molecule has 190 valence electrons. The Morgan fingerprint density at radius 1 is 1.14 bits per heavy atom. The number of benzene rings is 1. The van der Waals surface area contributed by atoms with E-state index in [1.807, 2.05) is 31.2 Å². The molecule has 2 amide bonds. The van der Waals surface area contributed by atoms with Crippen molar-refractivity contribution in [1.82, 2.24) is 5.32 Å². The molecule has 0 radical (unpaired) electrons. The minimum atomic E-state index is -3.11. The quantitative estimate of drug-likeness (QED) is 0.599. The minimum Gasteiger partial charge on any atom is -0.484 e. The van der Waals surface area contributed by atoms with E-state index >= 15 is 0 Å². The molecule has 1 fully saturated rings. The smallest absolute Gasteiger partial charge is 0.262 e. The van der Waals surface area contributed by atoms with Crippen molar-refractivity contribution in [3.63, 3.8) is 0 Å². The van der Waals surface area contributed by atoms with Crippen LogP contribution in [0.15, 0.2) is 24.3 Å². The summed E-state index contributed by atoms with van der Waals surface area (Å²) in [6.45, 7) is 8.51. The first-order valence-electron chi connectivity index (χ1n) is 12.1. The summed E-state index contributed by atoms with van der Waals surface area (Å²) in [6, 6.07) is 7.05. The van der Waals surface area contributed by atoms with Gasteiger partial charge in [-0.1, -0.05) is 38.5 Å². The molecule has 1 aliphatic heterocycles. The highest BCUT2D eigenvalue weighted by Crippen LogP contribution is 2.44. The summed E-state index contributed by atoms with van der Waals surface area (Å²) in [6.07, 6.45) is 3.00. The molecule has 9 heteroatoms. The molecule has 2 heterocycles. The lowest BCUT2D eigenvalue weighted by molar-refractivity contribution is -0.118. The third-order valence-corrected chi connectivity index (χ3v) is 9.87. The number of carbonyl (C=O) groups is 2. The summed E-state index contributed by atoms with van der Waals surface area (Å²) in [5.74, 6) is 0.487. The van der Waals surface area contributed by atoms with Gasteiger partial charge in [-0.05, 0) is 61.6 Å². The van der Waals surface area contributed by atoms with Crippen molar-refractivity contribution >= 4 is 38.0 Å². The second kappa shape index (κ2) is 9.93. The molecule has 4 rings (SSSR count). The summed E-state index contributed by atoms with van der Waals surface area (Å²) < 4.78 is 29.4. The predicted octanol–water partition coefficient (Wildman–Crippen LogP) is 4.14. The Labute approximate surface area is 211 Å². The van der Waals surface area contributed by atoms with E-state index in [2.05, 4.69) is 31.4 Å². The monoisotopic (exact) mass is 518 g/mol. The van der Waals surface area contributed by atoms with Crippen LogP contribution in [0.5, 0.6) is 5.75 Å². The van der Waals surface area contributed by atoms with E-state index in [-0.39, 0.29) is 35.3 Å². The number of fused-ring (bicyclic) bond motifs is 1. The van der Waals surface area contributed by atoms with Gasteiger partial charge in [0.05, 0.1) is 17.1 Å². The molecular weight excluding hydrogens is 484 g/mol. The van der Waals surface area contributed by atoms with E-state index in [4.69, 9.17) is 4.74 Å². The molecule has 2 N–H and O–H groups in total. The van der Waals surface area contributed by atoms with Crippen LogP contribution in [0.25, 0.3) is 0 Å². The Balaban J connectivity index is 1.54. The minimum absolute atomic E-state index is 0.0384. The number of ether oxygens (including phenoxy) is 1. The topological polar surface area (TPSA) is 102 Å². The van der Waals surface area contributed by atoms with Crippen molar-refractivity contribution in [2.75, 3.05) is 23.4 Å². The molecule has 1 aromatic carbocycles. The lowest BCUT2D eigenvalue weighted by Crippen LogP contribution is -2.36. The molecule has 35 heavy (non-hydrogen) atoms. The SMILES string of the molecule is Cc1ccc(OCC(=O)Nc2sc3c(c2C(=O)N[C@@H]2CCS(=O)(=O)C2)CC[C@H](C(C)(C)C)C3)cc1. The number of thiophene rings is 1. The molecule has 1 saturated heterocycles. The van der Waals surface area contributed by atoms with Gasteiger partial charge in [-0.2, -0.15) is 0 Å². The van der Waals surface area contributed by atoms with Crippen LogP contribution in [0.1, 0.15) is 60.0 Å². The van der Waals surface area contributed by atoms with Crippen molar-refractivity contribution in [1.29, 1.82) is 0 Å². The van der Waals surface area contributed by atoms with Gasteiger partial charge in [-0.25, -0.2) is 8.42 Å². The maximum atomic E-state index is 13.4. The maximum absolute atomic E-state index is 13.4. The summed E-state index contributed by atoms with van der Waals surface area (Å²) in [7, 11) is -3.11. The molecule has 7 nitrogen and oxygen atoms in total. The fraction of sp³-hybridized carbons (Fsp3) is 0.538. The number of nitrogens with one attached hydrogen (secondary N) is 2. The lowest BCUT2D eigenvalue weighted by Gasteiger charge is -2.33. The van der Waals surface area contributed by atoms with Crippen molar-refractivity contribution in [2.45, 2.75) is 59.4 Å². The Kier molecular flexibility index (Phi) is 7.29. The first-order valence-corrected chi connectivity index (χ1v) is 14.7. The van der Waals surface area contributed by atoms with E-state index in [1.165, 1.54) is 11.3 Å². The van der Waals surface area contributed by atoms with Crippen LogP contribution in [0.3, 0.4) is 0 Å². The fourth-order valence-electron chi connectivity index (χ4n) is 4.77. The molecule has 0 unspecified atom stereocenters. The third kappa shape index (κ3) is 6.25. The Bertz CT molecular complexity index is 1210. The fourth-order valence-corrected chi connectivity index (χ4v) is 7.78. The highest BCUT2D eigenvalue weighted by atomic mass is 32.2. The van der Waals surface area contributed by atoms with E-state index in [0.29, 0.717) is 28.7 Å². The van der Waals surface area contributed by atoms with Gasteiger partial charge < -0.3 is 15.4 Å². The zero-order valence-electron chi connectivity index (χ0n) is 20.8. The van der Waals surface area contributed by atoms with Crippen LogP contribution >= 0.6 is 11.3 Å². The molecular formula is C26H34N2O5S2. The summed E-state index contributed by atoms with van der Waals surface area (Å²) >= 11 is 1.45. The van der Waals surface area contributed by atoms with E-state index < -0.39 is 15.9 Å². The molecule has 1 aliphatic carbocycles. The Morgan fingerprint density at radius 3 is 2.49 bits per heavy atom. The molecule has 0 saturated carbocycles. The average molecular weight is 519 g/mol. The Morgan fingerprint density at radius 2 is 1.86 bits per heavy atom. The van der Waals surface area contributed by atoms with Gasteiger partial charge in [0.15, 0.2) is 16.4 Å². The summed E-state index contributed by atoms with van der Waals surface area (Å²) in [5.41, 5.74) is 2.70. The number of carbonyl (C=O) groups excluding carboxylic acids is 2. The number of rotatable bonds is 6. The number of sulfone groups is 1. The first kappa shape index (κ1) is 25.7. The van der Waals surface area contributed by atoms with Gasteiger partial charge in [-0.15, -0.1) is 11.3 Å². The third-order valence-electron chi connectivity index (χ3n) is 6.93. The number of anilines is 1. The van der Waals surface area contributed by atoms with E-state index in [1.54, 1.807) is 0 Å². The summed E-state index contributed by atoms with van der Waals surface area (Å²) in [5, 5.41) is 6.33. The Hall–Kier alpha value is -2.39. The normalized spacial score (nSPS) is 21.3. The highest BCUT2D eigenvalue weighted by molar-refractivity contribution is 7.91. The number of hydrogen-bond donors (Lipinski definition) is 2. The van der Waals surface area contributed by atoms with Crippen molar-refractivity contribution < 1.29 is 22.7 Å². The zero-order chi connectivity index (χ0) is 25.4. The van der Waals surface area contributed by atoms with Crippen LogP contribution in [-0.2, 0) is 27.5 Å². The second-order valence-corrected chi connectivity index (χ2v) is 14.1. The number of amides is 2. The lowest BCUT2D eigenvalue weighted by atomic mass is 9.72. The van der Waals surface area contributed by atoms with E-state index in [0.717, 1.165) is 35.3 Å². The van der Waals surface area contributed by atoms with E-state index in [9.17, 15) is 18.0 Å². The van der Waals surface area contributed by atoms with Gasteiger partial charge in [0.2, 0.25) is 0 Å². The van der Waals surface area contributed by atoms with Crippen LogP contribution in [-0.4, -0.2) is 44.4 Å². The van der Waals surface area contributed by atoms with Crippen LogP contribution in [0.4, 0.5) is 5.00 Å². The second-order valence-electron chi connectivity index (χ2n) is 10.7. The number of aryl methyl sites for hydroxylation is 1.